The molecule has 1 aromatic rings. The van der Waals surface area contributed by atoms with E-state index in [9.17, 15) is 5.11 Å². The van der Waals surface area contributed by atoms with E-state index in [0.717, 1.165) is 31.2 Å². The molecule has 1 saturated carbocycles. The summed E-state index contributed by atoms with van der Waals surface area (Å²) < 4.78 is 0. The molecule has 0 aromatic heterocycles. The number of benzene rings is 1. The maximum Gasteiger partial charge on any atom is 0.153 e. The first kappa shape index (κ1) is 21.0. The molecule has 0 aliphatic heterocycles. The van der Waals surface area contributed by atoms with E-state index >= 15 is 0 Å². The molecule has 0 bridgehead atoms. The molecule has 1 fully saturated rings. The van der Waals surface area contributed by atoms with Crippen molar-refractivity contribution in [2.45, 2.75) is 31.3 Å². The Balaban J connectivity index is 0.00000288. The topological polar surface area (TPSA) is 63.9 Å². The molecule has 0 heterocycles. The predicted octanol–water partition coefficient (Wildman–Crippen LogP) is -1.64. The standard InChI is InChI=1S/C19H27NO3.ClH/c21-15-13-20(14-16-22)12-6-11-19(23,18-9-4-5-10-18)17-7-2-1-3-8-17;/h1-3,7-8,18,21-23H,4-5,9-10,12-16H2;1H/p-1. The summed E-state index contributed by atoms with van der Waals surface area (Å²) in [7, 11) is 0. The van der Waals surface area contributed by atoms with Crippen LogP contribution in [0.25, 0.3) is 0 Å². The van der Waals surface area contributed by atoms with Gasteiger partial charge in [-0.2, -0.15) is 0 Å². The molecule has 24 heavy (non-hydrogen) atoms. The Kier molecular flexibility index (Phi) is 9.35. The molecule has 0 saturated heterocycles. The maximum absolute atomic E-state index is 11.3. The molecule has 5 heteroatoms. The number of aliphatic hydroxyl groups excluding tert-OH is 2. The third-order valence-corrected chi connectivity index (χ3v) is 4.57. The van der Waals surface area contributed by atoms with Crippen LogP contribution in [0, 0.1) is 17.8 Å². The zero-order valence-electron chi connectivity index (χ0n) is 14.0. The minimum absolute atomic E-state index is 0. The van der Waals surface area contributed by atoms with E-state index in [-0.39, 0.29) is 31.5 Å². The molecule has 134 valence electrons. The second kappa shape index (κ2) is 10.7. The van der Waals surface area contributed by atoms with E-state index in [1.807, 2.05) is 35.2 Å². The van der Waals surface area contributed by atoms with Gasteiger partial charge in [-0.25, -0.2) is 0 Å². The van der Waals surface area contributed by atoms with Crippen molar-refractivity contribution < 1.29 is 27.7 Å². The zero-order valence-corrected chi connectivity index (χ0v) is 14.8. The van der Waals surface area contributed by atoms with Gasteiger partial charge < -0.3 is 27.7 Å². The lowest BCUT2D eigenvalue weighted by Crippen LogP contribution is -3.00. The predicted molar refractivity (Wildman–Crippen MR) is 90.7 cm³/mol. The van der Waals surface area contributed by atoms with Crippen molar-refractivity contribution in [3.8, 4) is 11.8 Å². The molecule has 1 atom stereocenters. The van der Waals surface area contributed by atoms with Crippen LogP contribution in [0.3, 0.4) is 0 Å². The van der Waals surface area contributed by atoms with Gasteiger partial charge in [0.25, 0.3) is 0 Å². The largest absolute Gasteiger partial charge is 1.00 e. The van der Waals surface area contributed by atoms with Crippen LogP contribution in [0.4, 0.5) is 0 Å². The Morgan fingerprint density at radius 3 is 2.17 bits per heavy atom. The molecule has 2 rings (SSSR count). The van der Waals surface area contributed by atoms with Crippen LogP contribution < -0.4 is 12.4 Å². The highest BCUT2D eigenvalue weighted by Crippen LogP contribution is 2.40. The fraction of sp³-hybridized carbons (Fsp3) is 0.579. The van der Waals surface area contributed by atoms with E-state index in [2.05, 4.69) is 11.8 Å². The minimum Gasteiger partial charge on any atom is -1.00 e. The van der Waals surface area contributed by atoms with Crippen molar-refractivity contribution in [3.63, 3.8) is 0 Å². The van der Waals surface area contributed by atoms with Crippen molar-refractivity contribution in [2.75, 3.05) is 32.8 Å². The van der Waals surface area contributed by atoms with Gasteiger partial charge in [0.15, 0.2) is 5.60 Å². The minimum atomic E-state index is -1.11. The van der Waals surface area contributed by atoms with Crippen LogP contribution in [0.15, 0.2) is 30.3 Å². The van der Waals surface area contributed by atoms with Crippen molar-refractivity contribution in [2.24, 2.45) is 5.92 Å². The fourth-order valence-corrected chi connectivity index (χ4v) is 3.28. The monoisotopic (exact) mass is 352 g/mol. The van der Waals surface area contributed by atoms with Gasteiger partial charge in [0, 0.05) is 19.0 Å². The third kappa shape index (κ3) is 5.47. The molecule has 4 nitrogen and oxygen atoms in total. The van der Waals surface area contributed by atoms with Gasteiger partial charge in [-0.3, -0.25) is 4.90 Å². The third-order valence-electron chi connectivity index (χ3n) is 4.57. The molecule has 0 radical (unpaired) electrons. The Morgan fingerprint density at radius 1 is 1.04 bits per heavy atom. The van der Waals surface area contributed by atoms with Gasteiger partial charge in [0.2, 0.25) is 0 Å². The van der Waals surface area contributed by atoms with Crippen LogP contribution >= 0.6 is 0 Å². The van der Waals surface area contributed by atoms with Crippen molar-refractivity contribution in [3.05, 3.63) is 35.9 Å². The highest BCUT2D eigenvalue weighted by Gasteiger charge is 2.38. The van der Waals surface area contributed by atoms with E-state index in [0.29, 0.717) is 19.6 Å². The normalized spacial score (nSPS) is 17.0. The Bertz CT molecular complexity index is 516. The van der Waals surface area contributed by atoms with E-state index in [1.165, 1.54) is 0 Å². The summed E-state index contributed by atoms with van der Waals surface area (Å²) in [5.74, 6) is 6.35. The first-order valence-electron chi connectivity index (χ1n) is 8.42. The summed E-state index contributed by atoms with van der Waals surface area (Å²) in [6.07, 6.45) is 4.28. The molecule has 1 aliphatic carbocycles. The summed E-state index contributed by atoms with van der Waals surface area (Å²) in [6, 6.07) is 9.68. The number of rotatable bonds is 7. The summed E-state index contributed by atoms with van der Waals surface area (Å²) in [5, 5.41) is 29.4. The van der Waals surface area contributed by atoms with Gasteiger partial charge in [0.05, 0.1) is 19.8 Å². The molecule has 3 N–H and O–H groups in total. The van der Waals surface area contributed by atoms with Crippen LogP contribution in [0.5, 0.6) is 0 Å². The van der Waals surface area contributed by atoms with Crippen LogP contribution in [-0.4, -0.2) is 53.1 Å². The molecule has 0 amide bonds. The van der Waals surface area contributed by atoms with Crippen molar-refractivity contribution >= 4 is 0 Å². The average molecular weight is 353 g/mol. The van der Waals surface area contributed by atoms with Crippen molar-refractivity contribution in [1.82, 2.24) is 4.90 Å². The second-order valence-electron chi connectivity index (χ2n) is 6.14. The number of hydrogen-bond acceptors (Lipinski definition) is 4. The Hall–Kier alpha value is -1.09. The number of nitrogens with zero attached hydrogens (tertiary/aromatic N) is 1. The quantitative estimate of drug-likeness (QED) is 0.515. The zero-order chi connectivity index (χ0) is 16.5. The first-order valence-corrected chi connectivity index (χ1v) is 8.42. The molecule has 1 unspecified atom stereocenters. The Morgan fingerprint density at radius 2 is 1.62 bits per heavy atom. The number of hydrogen-bond donors (Lipinski definition) is 3. The molecular weight excluding hydrogens is 326 g/mol. The molecule has 0 spiro atoms. The fourth-order valence-electron chi connectivity index (χ4n) is 3.28. The number of aliphatic hydroxyl groups is 3. The summed E-state index contributed by atoms with van der Waals surface area (Å²) in [4.78, 5) is 1.88. The lowest BCUT2D eigenvalue weighted by molar-refractivity contribution is -0.0000144. The van der Waals surface area contributed by atoms with Gasteiger partial charge in [-0.05, 0) is 18.4 Å². The number of halogens is 1. The summed E-state index contributed by atoms with van der Waals surface area (Å²) in [5.41, 5.74) is -0.253. The maximum atomic E-state index is 11.3. The Labute approximate surface area is 150 Å². The van der Waals surface area contributed by atoms with E-state index < -0.39 is 5.60 Å². The second-order valence-corrected chi connectivity index (χ2v) is 6.14. The first-order chi connectivity index (χ1) is 11.2. The van der Waals surface area contributed by atoms with Crippen LogP contribution in [0.1, 0.15) is 31.2 Å². The molecular formula is C19H27ClNO3-. The van der Waals surface area contributed by atoms with Crippen LogP contribution in [-0.2, 0) is 5.60 Å². The highest BCUT2D eigenvalue weighted by molar-refractivity contribution is 5.33. The summed E-state index contributed by atoms with van der Waals surface area (Å²) in [6.45, 7) is 1.45. The van der Waals surface area contributed by atoms with Gasteiger partial charge in [0.1, 0.15) is 0 Å². The SMILES string of the molecule is OCCN(CC#CC(O)(c1ccccc1)C1CCCC1)CCO.[Cl-]. The summed E-state index contributed by atoms with van der Waals surface area (Å²) >= 11 is 0. The van der Waals surface area contributed by atoms with E-state index in [4.69, 9.17) is 10.2 Å². The lowest BCUT2D eigenvalue weighted by Gasteiger charge is -2.29. The molecule has 1 aliphatic rings. The average Bonchev–Trinajstić information content (AvgIpc) is 3.11. The molecule has 1 aromatic carbocycles. The highest BCUT2D eigenvalue weighted by atomic mass is 35.5. The van der Waals surface area contributed by atoms with Gasteiger partial charge in [-0.1, -0.05) is 55.0 Å². The van der Waals surface area contributed by atoms with Crippen LogP contribution in [0.2, 0.25) is 0 Å². The van der Waals surface area contributed by atoms with E-state index in [1.54, 1.807) is 0 Å². The smallest absolute Gasteiger partial charge is 0.153 e. The van der Waals surface area contributed by atoms with Gasteiger partial charge in [-0.15, -0.1) is 0 Å². The van der Waals surface area contributed by atoms with Gasteiger partial charge >= 0.3 is 0 Å². The van der Waals surface area contributed by atoms with Crippen molar-refractivity contribution in [1.29, 1.82) is 0 Å². The lowest BCUT2D eigenvalue weighted by atomic mass is 9.80.